The van der Waals surface area contributed by atoms with Gasteiger partial charge in [0.1, 0.15) is 0 Å². The van der Waals surface area contributed by atoms with Crippen molar-refractivity contribution in [2.75, 3.05) is 19.6 Å². The molecule has 0 aromatic heterocycles. The normalized spacial score (nSPS) is 45.3. The predicted molar refractivity (Wildman–Crippen MR) is 81.0 cm³/mol. The summed E-state index contributed by atoms with van der Waals surface area (Å²) in [5.41, 5.74) is 0. The van der Waals surface area contributed by atoms with Crippen LogP contribution in [0.5, 0.6) is 0 Å². The molecule has 1 saturated carbocycles. The molecule has 0 aromatic rings. The van der Waals surface area contributed by atoms with Crippen LogP contribution in [0.3, 0.4) is 0 Å². The average Bonchev–Trinajstić information content (AvgIpc) is 2.67. The van der Waals surface area contributed by atoms with E-state index in [0.29, 0.717) is 0 Å². The highest BCUT2D eigenvalue weighted by Crippen LogP contribution is 2.36. The number of nitrogens with zero attached hydrogens (tertiary/aromatic N) is 2. The van der Waals surface area contributed by atoms with Crippen molar-refractivity contribution >= 4 is 0 Å². The van der Waals surface area contributed by atoms with Gasteiger partial charge in [-0.2, -0.15) is 0 Å². The van der Waals surface area contributed by atoms with Crippen LogP contribution < -0.4 is 0 Å². The molecule has 0 spiro atoms. The summed E-state index contributed by atoms with van der Waals surface area (Å²) in [6, 6.07) is 0.780. The summed E-state index contributed by atoms with van der Waals surface area (Å²) in [6.07, 6.45) is 9.51. The Hall–Kier alpha value is -0.0800. The van der Waals surface area contributed by atoms with Crippen LogP contribution in [-0.2, 0) is 0 Å². The second-order valence-electron chi connectivity index (χ2n) is 7.71. The van der Waals surface area contributed by atoms with Gasteiger partial charge >= 0.3 is 0 Å². The maximum absolute atomic E-state index is 2.87. The predicted octanol–water partition coefficient (Wildman–Crippen LogP) is 3.57. The molecule has 2 heterocycles. The minimum atomic E-state index is 0.765. The first kappa shape index (κ1) is 13.9. The fourth-order valence-electron chi connectivity index (χ4n) is 5.01. The Morgan fingerprint density at radius 3 is 2.63 bits per heavy atom. The molecule has 0 radical (unpaired) electrons. The summed E-state index contributed by atoms with van der Waals surface area (Å²) in [5.74, 6) is 2.82. The lowest BCUT2D eigenvalue weighted by Gasteiger charge is -2.41. The molecular formula is C17H32N2. The van der Waals surface area contributed by atoms with Gasteiger partial charge in [-0.1, -0.05) is 26.7 Å². The molecule has 3 fully saturated rings. The van der Waals surface area contributed by atoms with Crippen LogP contribution in [-0.4, -0.2) is 41.6 Å². The SMILES string of the molecule is CC1CCCC(CN2C(C)CN3CCCC(C)C32)C1. The van der Waals surface area contributed by atoms with Crippen LogP contribution in [0.25, 0.3) is 0 Å². The minimum absolute atomic E-state index is 0.765. The first-order valence-electron chi connectivity index (χ1n) is 8.65. The van der Waals surface area contributed by atoms with Crippen molar-refractivity contribution in [1.29, 1.82) is 0 Å². The number of rotatable bonds is 2. The summed E-state index contributed by atoms with van der Waals surface area (Å²) in [6.45, 7) is 11.4. The van der Waals surface area contributed by atoms with E-state index < -0.39 is 0 Å². The van der Waals surface area contributed by atoms with Crippen LogP contribution in [0.15, 0.2) is 0 Å². The Balaban J connectivity index is 1.65. The van der Waals surface area contributed by atoms with Crippen LogP contribution in [0, 0.1) is 17.8 Å². The number of hydrogen-bond acceptors (Lipinski definition) is 2. The fourth-order valence-corrected chi connectivity index (χ4v) is 5.01. The molecular weight excluding hydrogens is 232 g/mol. The van der Waals surface area contributed by atoms with Crippen molar-refractivity contribution in [3.05, 3.63) is 0 Å². The van der Waals surface area contributed by atoms with Gasteiger partial charge in [-0.25, -0.2) is 0 Å². The highest BCUT2D eigenvalue weighted by molar-refractivity contribution is 4.94. The van der Waals surface area contributed by atoms with Gasteiger partial charge in [0.2, 0.25) is 0 Å². The molecule has 2 heteroatoms. The van der Waals surface area contributed by atoms with Gasteiger partial charge in [0, 0.05) is 19.1 Å². The van der Waals surface area contributed by atoms with Crippen molar-refractivity contribution in [1.82, 2.24) is 9.80 Å². The first-order chi connectivity index (χ1) is 9.15. The van der Waals surface area contributed by atoms with E-state index in [1.54, 1.807) is 0 Å². The van der Waals surface area contributed by atoms with Gasteiger partial charge in [0.25, 0.3) is 0 Å². The molecule has 0 aromatic carbocycles. The maximum atomic E-state index is 2.87. The molecule has 0 bridgehead atoms. The molecule has 1 aliphatic carbocycles. The lowest BCUT2D eigenvalue weighted by molar-refractivity contribution is 0.0283. The lowest BCUT2D eigenvalue weighted by atomic mass is 9.82. The molecule has 3 rings (SSSR count). The Morgan fingerprint density at radius 2 is 1.84 bits per heavy atom. The van der Waals surface area contributed by atoms with Gasteiger partial charge in [0.05, 0.1) is 6.17 Å². The maximum Gasteiger partial charge on any atom is 0.0652 e. The van der Waals surface area contributed by atoms with E-state index >= 15 is 0 Å². The van der Waals surface area contributed by atoms with E-state index in [4.69, 9.17) is 0 Å². The van der Waals surface area contributed by atoms with Crippen LogP contribution in [0.4, 0.5) is 0 Å². The van der Waals surface area contributed by atoms with Crippen molar-refractivity contribution < 1.29 is 0 Å². The van der Waals surface area contributed by atoms with E-state index in [0.717, 1.165) is 30.0 Å². The third-order valence-corrected chi connectivity index (χ3v) is 5.91. The smallest absolute Gasteiger partial charge is 0.0652 e. The van der Waals surface area contributed by atoms with Crippen LogP contribution in [0.1, 0.15) is 59.3 Å². The third-order valence-electron chi connectivity index (χ3n) is 5.91. The van der Waals surface area contributed by atoms with Crippen LogP contribution in [0.2, 0.25) is 0 Å². The standard InChI is InChI=1S/C17H32N2/c1-13-6-4-8-16(10-13)12-19-15(3)11-18-9-5-7-14(2)17(18)19/h13-17H,4-12H2,1-3H3. The van der Waals surface area contributed by atoms with E-state index in [-0.39, 0.29) is 0 Å². The lowest BCUT2D eigenvalue weighted by Crippen LogP contribution is -2.49. The highest BCUT2D eigenvalue weighted by Gasteiger charge is 2.42. The average molecular weight is 264 g/mol. The zero-order valence-electron chi connectivity index (χ0n) is 13.1. The minimum Gasteiger partial charge on any atom is -0.286 e. The van der Waals surface area contributed by atoms with Crippen molar-refractivity contribution in [3.63, 3.8) is 0 Å². The highest BCUT2D eigenvalue weighted by atomic mass is 15.4. The summed E-state index contributed by atoms with van der Waals surface area (Å²) in [5, 5.41) is 0. The molecule has 5 unspecified atom stereocenters. The molecule has 19 heavy (non-hydrogen) atoms. The Labute approximate surface area is 119 Å². The van der Waals surface area contributed by atoms with Gasteiger partial charge in [0.15, 0.2) is 0 Å². The number of hydrogen-bond donors (Lipinski definition) is 0. The van der Waals surface area contributed by atoms with Gasteiger partial charge in [-0.15, -0.1) is 0 Å². The molecule has 110 valence electrons. The summed E-state index contributed by atoms with van der Waals surface area (Å²) >= 11 is 0. The van der Waals surface area contributed by atoms with Gasteiger partial charge < -0.3 is 0 Å². The molecule has 2 aliphatic heterocycles. The van der Waals surface area contributed by atoms with E-state index in [9.17, 15) is 0 Å². The third kappa shape index (κ3) is 2.85. The second kappa shape index (κ2) is 5.73. The zero-order valence-corrected chi connectivity index (χ0v) is 13.1. The van der Waals surface area contributed by atoms with E-state index in [1.807, 2.05) is 0 Å². The van der Waals surface area contributed by atoms with Crippen LogP contribution >= 0.6 is 0 Å². The van der Waals surface area contributed by atoms with E-state index in [2.05, 4.69) is 30.6 Å². The number of piperidine rings is 1. The topological polar surface area (TPSA) is 6.48 Å². The fraction of sp³-hybridized carbons (Fsp3) is 1.00. The van der Waals surface area contributed by atoms with Crippen molar-refractivity contribution in [3.8, 4) is 0 Å². The Bertz CT molecular complexity index is 304. The molecule has 2 saturated heterocycles. The molecule has 2 nitrogen and oxygen atoms in total. The Morgan fingerprint density at radius 1 is 1.00 bits per heavy atom. The summed E-state index contributed by atoms with van der Waals surface area (Å²) in [4.78, 5) is 5.64. The summed E-state index contributed by atoms with van der Waals surface area (Å²) in [7, 11) is 0. The Kier molecular flexibility index (Phi) is 4.19. The van der Waals surface area contributed by atoms with Gasteiger partial charge in [-0.3, -0.25) is 9.80 Å². The van der Waals surface area contributed by atoms with Gasteiger partial charge in [-0.05, 0) is 56.9 Å². The quantitative estimate of drug-likeness (QED) is 0.752. The number of fused-ring (bicyclic) bond motifs is 1. The monoisotopic (exact) mass is 264 g/mol. The second-order valence-corrected chi connectivity index (χ2v) is 7.71. The van der Waals surface area contributed by atoms with Crippen molar-refractivity contribution in [2.45, 2.75) is 71.5 Å². The first-order valence-corrected chi connectivity index (χ1v) is 8.65. The molecule has 3 aliphatic rings. The molecule has 5 atom stereocenters. The largest absolute Gasteiger partial charge is 0.286 e. The zero-order chi connectivity index (χ0) is 13.4. The molecule has 0 N–H and O–H groups in total. The molecule has 0 amide bonds. The van der Waals surface area contributed by atoms with Crippen molar-refractivity contribution in [2.24, 2.45) is 17.8 Å². The van der Waals surface area contributed by atoms with E-state index in [1.165, 1.54) is 58.2 Å². The summed E-state index contributed by atoms with van der Waals surface area (Å²) < 4.78 is 0.